The molecule has 20 nitrogen and oxygen atoms in total. The molecular formula is C34H63N11O9. The summed E-state index contributed by atoms with van der Waals surface area (Å²) in [5, 5.41) is 25.2. The number of guanidine groups is 1. The topological polar surface area (TPSA) is 345 Å². The second kappa shape index (κ2) is 26.8. The number of rotatable bonds is 28. The van der Waals surface area contributed by atoms with Crippen LogP contribution in [0, 0.1) is 5.92 Å². The van der Waals surface area contributed by atoms with E-state index in [2.05, 4.69) is 36.9 Å². The van der Waals surface area contributed by atoms with Gasteiger partial charge in [-0.3, -0.25) is 43.3 Å². The Hall–Kier alpha value is -4.85. The molecular weight excluding hydrogens is 706 g/mol. The Kier molecular flexibility index (Phi) is 24.4. The molecule has 0 saturated carbocycles. The van der Waals surface area contributed by atoms with Gasteiger partial charge in [-0.1, -0.05) is 6.42 Å². The van der Waals surface area contributed by atoms with Crippen molar-refractivity contribution in [2.24, 2.45) is 33.8 Å². The fourth-order valence-electron chi connectivity index (χ4n) is 5.36. The lowest BCUT2D eigenvalue weighted by Crippen LogP contribution is -2.54. The minimum absolute atomic E-state index is 0.0250. The Morgan fingerprint density at radius 2 is 1.07 bits per heavy atom. The van der Waals surface area contributed by atoms with Crippen LogP contribution in [-0.4, -0.2) is 114 Å². The molecule has 15 N–H and O–H groups in total. The van der Waals surface area contributed by atoms with Gasteiger partial charge in [0, 0.05) is 62.8 Å². The van der Waals surface area contributed by atoms with Gasteiger partial charge in [-0.15, -0.1) is 0 Å². The number of nitrogens with zero attached hydrogens (tertiary/aromatic N) is 1. The van der Waals surface area contributed by atoms with Gasteiger partial charge in [0.1, 0.15) is 17.9 Å². The van der Waals surface area contributed by atoms with Crippen molar-refractivity contribution < 1.29 is 43.5 Å². The SMILES string of the molecule is C[C@H](CC(=O)C[C@H](CCCCN)C(=O)O)NC(=O)C[C@H](C)NC(=O)C[C@@H](C)NC(=O)C[C@H](C)NC(=O)[C@H](C)NC(=O)[C@H](CCCN=C(N)N)NC(=O)CN. The zero-order chi connectivity index (χ0) is 41.4. The Labute approximate surface area is 316 Å². The van der Waals surface area contributed by atoms with Gasteiger partial charge in [-0.25, -0.2) is 0 Å². The van der Waals surface area contributed by atoms with Gasteiger partial charge in [-0.2, -0.15) is 0 Å². The van der Waals surface area contributed by atoms with Crippen LogP contribution < -0.4 is 54.8 Å². The number of carboxylic acid groups (broad SMARTS) is 1. The van der Waals surface area contributed by atoms with Crippen LogP contribution in [0.5, 0.6) is 0 Å². The Balaban J connectivity index is 4.69. The molecule has 0 aliphatic carbocycles. The van der Waals surface area contributed by atoms with E-state index in [-0.39, 0.29) is 63.4 Å². The predicted molar refractivity (Wildman–Crippen MR) is 201 cm³/mol. The minimum Gasteiger partial charge on any atom is -0.481 e. The van der Waals surface area contributed by atoms with E-state index in [9.17, 15) is 43.5 Å². The molecule has 0 fully saturated rings. The first-order chi connectivity index (χ1) is 25.3. The minimum atomic E-state index is -1.04. The largest absolute Gasteiger partial charge is 0.481 e. The highest BCUT2D eigenvalue weighted by molar-refractivity contribution is 5.92. The number of carboxylic acids is 1. The molecule has 0 rings (SSSR count). The summed E-state index contributed by atoms with van der Waals surface area (Å²) in [5.41, 5.74) is 21.4. The Bertz CT molecular complexity index is 1290. The van der Waals surface area contributed by atoms with Crippen molar-refractivity contribution in [1.29, 1.82) is 0 Å². The van der Waals surface area contributed by atoms with Crippen LogP contribution in [0.2, 0.25) is 0 Å². The molecule has 7 atom stereocenters. The maximum atomic E-state index is 12.8. The third-order valence-electron chi connectivity index (χ3n) is 7.98. The second-order valence-corrected chi connectivity index (χ2v) is 13.7. The maximum absolute atomic E-state index is 12.8. The summed E-state index contributed by atoms with van der Waals surface area (Å²) in [5.74, 6) is -5.22. The zero-order valence-electron chi connectivity index (χ0n) is 32.2. The molecule has 0 saturated heterocycles. The molecule has 0 aliphatic rings. The van der Waals surface area contributed by atoms with Crippen LogP contribution in [-0.2, 0) is 38.4 Å². The molecule has 0 bridgehead atoms. The summed E-state index contributed by atoms with van der Waals surface area (Å²) in [6.07, 6.45) is 1.75. The number of carbonyl (C=O) groups is 8. The number of aliphatic carboxylic acids is 1. The van der Waals surface area contributed by atoms with Gasteiger partial charge in [0.15, 0.2) is 5.96 Å². The summed E-state index contributed by atoms with van der Waals surface area (Å²) in [6, 6.07) is -4.30. The number of aliphatic imine (C=N–C) groups is 1. The molecule has 0 heterocycles. The van der Waals surface area contributed by atoms with Crippen molar-refractivity contribution in [3.8, 4) is 0 Å². The van der Waals surface area contributed by atoms with E-state index in [4.69, 9.17) is 22.9 Å². The van der Waals surface area contributed by atoms with Gasteiger partial charge < -0.3 is 59.9 Å². The smallest absolute Gasteiger partial charge is 0.306 e. The normalized spacial score (nSPS) is 14.7. The number of nitrogens with one attached hydrogen (secondary N) is 6. The van der Waals surface area contributed by atoms with Crippen molar-refractivity contribution in [3.05, 3.63) is 0 Å². The highest BCUT2D eigenvalue weighted by Crippen LogP contribution is 2.15. The number of nitrogens with two attached hydrogens (primary N) is 4. The van der Waals surface area contributed by atoms with Crippen molar-refractivity contribution >= 4 is 53.2 Å². The molecule has 6 amide bonds. The van der Waals surface area contributed by atoms with Crippen LogP contribution in [0.1, 0.15) is 98.8 Å². The first kappa shape index (κ1) is 49.1. The molecule has 0 radical (unpaired) electrons. The molecule has 0 aliphatic heterocycles. The van der Waals surface area contributed by atoms with E-state index in [0.29, 0.717) is 32.2 Å². The molecule has 20 heteroatoms. The number of hydrogen-bond donors (Lipinski definition) is 11. The summed E-state index contributed by atoms with van der Waals surface area (Å²) < 4.78 is 0. The number of ketones is 1. The number of carbonyl (C=O) groups excluding carboxylic acids is 7. The lowest BCUT2D eigenvalue weighted by molar-refractivity contribution is -0.144. The van der Waals surface area contributed by atoms with Gasteiger partial charge in [0.2, 0.25) is 35.4 Å². The quantitative estimate of drug-likeness (QED) is 0.0220. The average molecular weight is 770 g/mol. The van der Waals surface area contributed by atoms with E-state index in [1.807, 2.05) is 0 Å². The fraction of sp³-hybridized carbons (Fsp3) is 0.735. The number of Topliss-reactive ketones (excluding diaryl/α,β-unsaturated/α-hetero) is 1. The van der Waals surface area contributed by atoms with E-state index in [0.717, 1.165) is 0 Å². The average Bonchev–Trinajstić information content (AvgIpc) is 3.04. The highest BCUT2D eigenvalue weighted by atomic mass is 16.4. The molecule has 0 spiro atoms. The van der Waals surface area contributed by atoms with Crippen LogP contribution in [0.3, 0.4) is 0 Å². The van der Waals surface area contributed by atoms with Crippen LogP contribution in [0.15, 0.2) is 4.99 Å². The summed E-state index contributed by atoms with van der Waals surface area (Å²) >= 11 is 0. The Morgan fingerprint density at radius 3 is 1.54 bits per heavy atom. The second-order valence-electron chi connectivity index (χ2n) is 13.7. The highest BCUT2D eigenvalue weighted by Gasteiger charge is 2.26. The van der Waals surface area contributed by atoms with Crippen LogP contribution >= 0.6 is 0 Å². The standard InChI is InChI=1S/C34H63N11O9/c1-19(13-25(46)17-24(33(53)54)9-6-7-11-35)40-27(47)14-20(2)41-28(48)15-21(3)42-29(49)16-22(4)43-31(51)23(5)44-32(52)26(45-30(50)18-36)10-8-12-39-34(37)38/h19-24,26H,6-18,35-36H2,1-5H3,(H,40,47)(H,41,48)(H,42,49)(H,43,51)(H,44,52)(H,45,50)(H,53,54)(H4,37,38,39)/t19-,20+,21-,22+,23+,24+,26+/m1/s1. The number of unbranched alkanes of at least 4 members (excludes halogenated alkanes) is 1. The lowest BCUT2D eigenvalue weighted by atomic mass is 9.94. The zero-order valence-corrected chi connectivity index (χ0v) is 32.2. The van der Waals surface area contributed by atoms with Gasteiger partial charge in [0.05, 0.1) is 12.5 Å². The first-order valence-electron chi connectivity index (χ1n) is 18.3. The third-order valence-corrected chi connectivity index (χ3v) is 7.98. The van der Waals surface area contributed by atoms with Crippen molar-refractivity contribution in [2.75, 3.05) is 19.6 Å². The first-order valence-corrected chi connectivity index (χ1v) is 18.3. The van der Waals surface area contributed by atoms with Crippen molar-refractivity contribution in [3.63, 3.8) is 0 Å². The molecule has 0 aromatic rings. The number of amides is 6. The van der Waals surface area contributed by atoms with Gasteiger partial charge in [-0.05, 0) is 66.8 Å². The van der Waals surface area contributed by atoms with E-state index >= 15 is 0 Å². The Morgan fingerprint density at radius 1 is 0.574 bits per heavy atom. The number of hydrogen-bond acceptors (Lipinski definition) is 11. The lowest BCUT2D eigenvalue weighted by Gasteiger charge is -2.22. The molecule has 54 heavy (non-hydrogen) atoms. The maximum Gasteiger partial charge on any atom is 0.306 e. The molecule has 0 aromatic heterocycles. The third kappa shape index (κ3) is 23.7. The van der Waals surface area contributed by atoms with Crippen LogP contribution in [0.4, 0.5) is 0 Å². The molecule has 308 valence electrons. The summed E-state index contributed by atoms with van der Waals surface area (Å²) in [4.78, 5) is 103. The van der Waals surface area contributed by atoms with Gasteiger partial charge >= 0.3 is 5.97 Å². The van der Waals surface area contributed by atoms with Crippen molar-refractivity contribution in [1.82, 2.24) is 31.9 Å². The summed E-state index contributed by atoms with van der Waals surface area (Å²) in [7, 11) is 0. The molecule has 0 unspecified atom stereocenters. The predicted octanol–water partition coefficient (Wildman–Crippen LogP) is -2.64. The van der Waals surface area contributed by atoms with Crippen molar-refractivity contribution in [2.45, 2.75) is 135 Å². The fourth-order valence-corrected chi connectivity index (χ4v) is 5.36. The van der Waals surface area contributed by atoms with E-state index < -0.39 is 83.6 Å². The van der Waals surface area contributed by atoms with Crippen LogP contribution in [0.25, 0.3) is 0 Å². The summed E-state index contributed by atoms with van der Waals surface area (Å²) in [6.45, 7) is 8.27. The van der Waals surface area contributed by atoms with E-state index in [1.54, 1.807) is 27.7 Å². The monoisotopic (exact) mass is 769 g/mol. The van der Waals surface area contributed by atoms with Gasteiger partial charge in [0.25, 0.3) is 0 Å². The molecule has 0 aromatic carbocycles. The van der Waals surface area contributed by atoms with E-state index in [1.165, 1.54) is 6.92 Å².